The van der Waals surface area contributed by atoms with Crippen LogP contribution in [0.4, 0.5) is 0 Å². The average Bonchev–Trinajstić information content (AvgIpc) is 2.98. The van der Waals surface area contributed by atoms with Gasteiger partial charge in [0.05, 0.1) is 11.7 Å². The number of fused-ring (bicyclic) bond motifs is 1. The molecule has 3 rings (SSSR count). The van der Waals surface area contributed by atoms with Crippen LogP contribution in [0.25, 0.3) is 11.0 Å². The van der Waals surface area contributed by atoms with Crippen molar-refractivity contribution in [1.29, 1.82) is 0 Å². The van der Waals surface area contributed by atoms with Crippen molar-refractivity contribution in [2.24, 2.45) is 0 Å². The Labute approximate surface area is 134 Å². The van der Waals surface area contributed by atoms with Gasteiger partial charge in [0.2, 0.25) is 11.8 Å². The molecule has 122 valence electrons. The van der Waals surface area contributed by atoms with Gasteiger partial charge in [0.25, 0.3) is 0 Å². The third kappa shape index (κ3) is 3.49. The number of carbonyl (C=O) groups is 2. The summed E-state index contributed by atoms with van der Waals surface area (Å²) < 4.78 is 1.59. The zero-order valence-corrected chi connectivity index (χ0v) is 13.2. The second kappa shape index (κ2) is 6.76. The van der Waals surface area contributed by atoms with Crippen molar-refractivity contribution in [1.82, 2.24) is 25.0 Å². The molecule has 0 aromatic carbocycles. The molecule has 1 fully saturated rings. The summed E-state index contributed by atoms with van der Waals surface area (Å²) in [5.41, 5.74) is 1.55. The van der Waals surface area contributed by atoms with Gasteiger partial charge in [-0.2, -0.15) is 5.10 Å². The topological polar surface area (TPSA) is 80.1 Å². The van der Waals surface area contributed by atoms with Crippen molar-refractivity contribution in [3.8, 4) is 0 Å². The van der Waals surface area contributed by atoms with E-state index in [4.69, 9.17) is 0 Å². The molecule has 1 saturated heterocycles. The van der Waals surface area contributed by atoms with Gasteiger partial charge < -0.3 is 10.2 Å². The predicted molar refractivity (Wildman–Crippen MR) is 85.6 cm³/mol. The molecule has 1 N–H and O–H groups in total. The first kappa shape index (κ1) is 15.5. The van der Waals surface area contributed by atoms with E-state index in [1.165, 1.54) is 6.42 Å². The number of nitrogens with zero attached hydrogens (tertiary/aromatic N) is 4. The summed E-state index contributed by atoms with van der Waals surface area (Å²) in [4.78, 5) is 30.5. The molecule has 2 amide bonds. The first-order chi connectivity index (χ1) is 11.1. The third-order valence-corrected chi connectivity index (χ3v) is 4.12. The highest BCUT2D eigenvalue weighted by Gasteiger charge is 2.23. The van der Waals surface area contributed by atoms with Gasteiger partial charge in [-0.3, -0.25) is 19.3 Å². The van der Waals surface area contributed by atoms with E-state index in [0.29, 0.717) is 0 Å². The highest BCUT2D eigenvalue weighted by atomic mass is 16.2. The first-order valence-electron chi connectivity index (χ1n) is 8.00. The van der Waals surface area contributed by atoms with E-state index in [9.17, 15) is 9.59 Å². The van der Waals surface area contributed by atoms with Crippen LogP contribution in [0.5, 0.6) is 0 Å². The summed E-state index contributed by atoms with van der Waals surface area (Å²) in [6.45, 7) is 3.38. The molecule has 7 nitrogen and oxygen atoms in total. The maximum Gasteiger partial charge on any atom is 0.244 e. The minimum absolute atomic E-state index is 0.00922. The molecule has 0 radical (unpaired) electrons. The van der Waals surface area contributed by atoms with Crippen molar-refractivity contribution < 1.29 is 9.59 Å². The van der Waals surface area contributed by atoms with Gasteiger partial charge in [-0.25, -0.2) is 0 Å². The van der Waals surface area contributed by atoms with Crippen molar-refractivity contribution in [3.63, 3.8) is 0 Å². The monoisotopic (exact) mass is 315 g/mol. The Balaban J connectivity index is 1.59. The van der Waals surface area contributed by atoms with Crippen molar-refractivity contribution >= 4 is 22.8 Å². The number of likely N-dealkylation sites (tertiary alicyclic amines) is 1. The molecule has 1 atom stereocenters. The van der Waals surface area contributed by atoms with E-state index < -0.39 is 6.04 Å². The van der Waals surface area contributed by atoms with E-state index in [2.05, 4.69) is 15.4 Å². The zero-order chi connectivity index (χ0) is 16.2. The lowest BCUT2D eigenvalue weighted by Gasteiger charge is -2.29. The molecule has 0 unspecified atom stereocenters. The van der Waals surface area contributed by atoms with Gasteiger partial charge in [0.1, 0.15) is 18.1 Å². The molecule has 1 aliphatic heterocycles. The highest BCUT2D eigenvalue weighted by Crippen LogP contribution is 2.11. The van der Waals surface area contributed by atoms with E-state index in [0.717, 1.165) is 37.0 Å². The van der Waals surface area contributed by atoms with Gasteiger partial charge >= 0.3 is 0 Å². The Hall–Kier alpha value is -2.44. The molecule has 7 heteroatoms. The van der Waals surface area contributed by atoms with Crippen LogP contribution in [0, 0.1) is 0 Å². The van der Waals surface area contributed by atoms with Crippen LogP contribution in [0.15, 0.2) is 24.5 Å². The molecular weight excluding hydrogens is 294 g/mol. The Morgan fingerprint density at radius 1 is 1.30 bits per heavy atom. The Morgan fingerprint density at radius 2 is 2.09 bits per heavy atom. The van der Waals surface area contributed by atoms with Crippen LogP contribution in [-0.2, 0) is 16.1 Å². The summed E-state index contributed by atoms with van der Waals surface area (Å²) in [6.07, 6.45) is 6.57. The SMILES string of the molecule is C[C@@H](NC(=O)Cn1ncc2ncccc21)C(=O)N1CCCCC1. The Kier molecular flexibility index (Phi) is 4.55. The summed E-state index contributed by atoms with van der Waals surface area (Å²) >= 11 is 0. The molecule has 0 spiro atoms. The van der Waals surface area contributed by atoms with Gasteiger partial charge in [-0.15, -0.1) is 0 Å². The molecule has 1 aliphatic rings. The molecule has 0 bridgehead atoms. The number of aromatic nitrogens is 3. The molecule has 23 heavy (non-hydrogen) atoms. The largest absolute Gasteiger partial charge is 0.343 e. The minimum Gasteiger partial charge on any atom is -0.343 e. The molecule has 0 aliphatic carbocycles. The molecule has 0 saturated carbocycles. The summed E-state index contributed by atoms with van der Waals surface area (Å²) in [5.74, 6) is -0.234. The molecular formula is C16H21N5O2. The van der Waals surface area contributed by atoms with Gasteiger partial charge in [-0.05, 0) is 38.3 Å². The fourth-order valence-corrected chi connectivity index (χ4v) is 2.91. The number of carbonyl (C=O) groups excluding carboxylic acids is 2. The van der Waals surface area contributed by atoms with Gasteiger partial charge in [0.15, 0.2) is 0 Å². The van der Waals surface area contributed by atoms with E-state index in [1.54, 1.807) is 30.1 Å². The molecule has 3 heterocycles. The van der Waals surface area contributed by atoms with E-state index in [-0.39, 0.29) is 18.4 Å². The van der Waals surface area contributed by atoms with Crippen LogP contribution in [0.2, 0.25) is 0 Å². The van der Waals surface area contributed by atoms with Crippen LogP contribution < -0.4 is 5.32 Å². The number of amides is 2. The fraction of sp³-hybridized carbons (Fsp3) is 0.500. The maximum absolute atomic E-state index is 12.3. The van der Waals surface area contributed by atoms with Crippen molar-refractivity contribution in [3.05, 3.63) is 24.5 Å². The lowest BCUT2D eigenvalue weighted by atomic mass is 10.1. The van der Waals surface area contributed by atoms with Crippen LogP contribution in [-0.4, -0.2) is 50.6 Å². The predicted octanol–water partition coefficient (Wildman–Crippen LogP) is 0.948. The zero-order valence-electron chi connectivity index (χ0n) is 13.2. The number of rotatable bonds is 4. The summed E-state index contributed by atoms with van der Waals surface area (Å²) in [6, 6.07) is 3.16. The highest BCUT2D eigenvalue weighted by molar-refractivity contribution is 5.87. The van der Waals surface area contributed by atoms with Crippen LogP contribution >= 0.6 is 0 Å². The number of hydrogen-bond acceptors (Lipinski definition) is 4. The Bertz CT molecular complexity index is 705. The summed E-state index contributed by atoms with van der Waals surface area (Å²) in [7, 11) is 0. The number of piperidine rings is 1. The second-order valence-corrected chi connectivity index (χ2v) is 5.89. The van der Waals surface area contributed by atoms with Crippen LogP contribution in [0.3, 0.4) is 0 Å². The smallest absolute Gasteiger partial charge is 0.244 e. The van der Waals surface area contributed by atoms with E-state index >= 15 is 0 Å². The van der Waals surface area contributed by atoms with Crippen molar-refractivity contribution in [2.45, 2.75) is 38.8 Å². The minimum atomic E-state index is -0.513. The first-order valence-corrected chi connectivity index (χ1v) is 8.00. The number of pyridine rings is 1. The quantitative estimate of drug-likeness (QED) is 0.911. The normalized spacial score (nSPS) is 16.3. The number of hydrogen-bond donors (Lipinski definition) is 1. The molecule has 2 aromatic rings. The fourth-order valence-electron chi connectivity index (χ4n) is 2.91. The molecule has 2 aromatic heterocycles. The maximum atomic E-state index is 12.3. The van der Waals surface area contributed by atoms with Gasteiger partial charge in [-0.1, -0.05) is 0 Å². The summed E-state index contributed by atoms with van der Waals surface area (Å²) in [5, 5.41) is 6.94. The van der Waals surface area contributed by atoms with E-state index in [1.807, 2.05) is 11.0 Å². The standard InChI is InChI=1S/C16H21N5O2/c1-12(16(23)20-8-3-2-4-9-20)19-15(22)11-21-14-6-5-7-17-13(14)10-18-21/h5-7,10,12H,2-4,8-9,11H2,1H3,(H,19,22)/t12-/m1/s1. The van der Waals surface area contributed by atoms with Gasteiger partial charge in [0, 0.05) is 19.3 Å². The second-order valence-electron chi connectivity index (χ2n) is 5.89. The Morgan fingerprint density at radius 3 is 2.87 bits per heavy atom. The lowest BCUT2D eigenvalue weighted by molar-refractivity contribution is -0.136. The lowest BCUT2D eigenvalue weighted by Crippen LogP contribution is -2.49. The van der Waals surface area contributed by atoms with Crippen LogP contribution in [0.1, 0.15) is 26.2 Å². The van der Waals surface area contributed by atoms with Crippen molar-refractivity contribution in [2.75, 3.05) is 13.1 Å². The average molecular weight is 315 g/mol. The number of nitrogens with one attached hydrogen (secondary N) is 1. The third-order valence-electron chi connectivity index (χ3n) is 4.12.